The van der Waals surface area contributed by atoms with Crippen LogP contribution in [0.1, 0.15) is 44.4 Å². The van der Waals surface area contributed by atoms with Gasteiger partial charge in [0.2, 0.25) is 5.91 Å². The van der Waals surface area contributed by atoms with Gasteiger partial charge in [-0.3, -0.25) is 4.79 Å². The minimum Gasteiger partial charge on any atom is -0.388 e. The largest absolute Gasteiger partial charge is 0.388 e. The van der Waals surface area contributed by atoms with Crippen LogP contribution in [-0.2, 0) is 10.2 Å². The number of fused-ring (bicyclic) bond motifs is 1. The third kappa shape index (κ3) is 2.40. The van der Waals surface area contributed by atoms with Gasteiger partial charge in [-0.2, -0.15) is 0 Å². The SMILES string of the molecule is CCC(c1cccc(NC)c1)N1C(=O)C(C)(C)c2ccccc21. The Morgan fingerprint density at radius 3 is 2.57 bits per heavy atom. The lowest BCUT2D eigenvalue weighted by Gasteiger charge is -2.30. The highest BCUT2D eigenvalue weighted by Crippen LogP contribution is 2.46. The molecule has 0 saturated heterocycles. The average Bonchev–Trinajstić information content (AvgIpc) is 2.77. The summed E-state index contributed by atoms with van der Waals surface area (Å²) in [4.78, 5) is 15.1. The van der Waals surface area contributed by atoms with Crippen LogP contribution < -0.4 is 10.2 Å². The summed E-state index contributed by atoms with van der Waals surface area (Å²) in [6.45, 7) is 6.17. The van der Waals surface area contributed by atoms with Crippen molar-refractivity contribution in [3.8, 4) is 0 Å². The predicted octanol–water partition coefficient (Wildman–Crippen LogP) is 4.50. The Bertz CT molecular complexity index is 736. The summed E-state index contributed by atoms with van der Waals surface area (Å²) in [5.74, 6) is 0.181. The van der Waals surface area contributed by atoms with E-state index in [2.05, 4.69) is 36.5 Å². The second kappa shape index (κ2) is 5.73. The van der Waals surface area contributed by atoms with Gasteiger partial charge in [-0.1, -0.05) is 37.3 Å². The van der Waals surface area contributed by atoms with Crippen LogP contribution >= 0.6 is 0 Å². The van der Waals surface area contributed by atoms with Crippen LogP contribution in [0.5, 0.6) is 0 Å². The molecule has 1 unspecified atom stereocenters. The normalized spacial score (nSPS) is 17.0. The number of carbonyl (C=O) groups is 1. The van der Waals surface area contributed by atoms with E-state index in [0.29, 0.717) is 0 Å². The standard InChI is InChI=1S/C20H24N2O/c1-5-17(14-9-8-10-15(13-14)21-4)22-18-12-7-6-11-16(18)20(2,3)19(22)23/h6-13,17,21H,5H2,1-4H3. The average molecular weight is 308 g/mol. The van der Waals surface area contributed by atoms with E-state index in [1.807, 2.05) is 50.1 Å². The Hall–Kier alpha value is -2.29. The Labute approximate surface area is 138 Å². The first-order valence-corrected chi connectivity index (χ1v) is 8.21. The molecule has 2 aromatic carbocycles. The number of benzene rings is 2. The third-order valence-electron chi connectivity index (χ3n) is 4.85. The first-order chi connectivity index (χ1) is 11.0. The van der Waals surface area contributed by atoms with Gasteiger partial charge in [0.25, 0.3) is 0 Å². The summed E-state index contributed by atoms with van der Waals surface area (Å²) in [6.07, 6.45) is 0.878. The molecule has 0 aliphatic carbocycles. The van der Waals surface area contributed by atoms with Gasteiger partial charge >= 0.3 is 0 Å². The van der Waals surface area contributed by atoms with Crippen molar-refractivity contribution in [3.63, 3.8) is 0 Å². The Morgan fingerprint density at radius 1 is 1.13 bits per heavy atom. The van der Waals surface area contributed by atoms with Crippen molar-refractivity contribution in [1.82, 2.24) is 0 Å². The molecule has 23 heavy (non-hydrogen) atoms. The van der Waals surface area contributed by atoms with E-state index in [0.717, 1.165) is 23.4 Å². The van der Waals surface area contributed by atoms with Crippen molar-refractivity contribution in [3.05, 3.63) is 59.7 Å². The predicted molar refractivity (Wildman–Crippen MR) is 96.0 cm³/mol. The zero-order chi connectivity index (χ0) is 16.6. The minimum absolute atomic E-state index is 0.0544. The van der Waals surface area contributed by atoms with Gasteiger partial charge in [0.05, 0.1) is 11.5 Å². The molecule has 0 fully saturated rings. The van der Waals surface area contributed by atoms with Crippen LogP contribution in [-0.4, -0.2) is 13.0 Å². The highest BCUT2D eigenvalue weighted by molar-refractivity contribution is 6.08. The molecule has 0 radical (unpaired) electrons. The Kier molecular flexibility index (Phi) is 3.88. The number of hydrogen-bond acceptors (Lipinski definition) is 2. The molecule has 3 nitrogen and oxygen atoms in total. The first-order valence-electron chi connectivity index (χ1n) is 8.21. The lowest BCUT2D eigenvalue weighted by molar-refractivity contribution is -0.122. The number of nitrogens with zero attached hydrogens (tertiary/aromatic N) is 1. The molecule has 2 aromatic rings. The summed E-state index contributed by atoms with van der Waals surface area (Å²) < 4.78 is 0. The molecule has 1 amide bonds. The lowest BCUT2D eigenvalue weighted by Crippen LogP contribution is -2.38. The Morgan fingerprint density at radius 2 is 1.87 bits per heavy atom. The second-order valence-corrected chi connectivity index (χ2v) is 6.62. The van der Waals surface area contributed by atoms with E-state index in [1.165, 1.54) is 5.56 Å². The van der Waals surface area contributed by atoms with Gasteiger partial charge in [-0.25, -0.2) is 0 Å². The summed E-state index contributed by atoms with van der Waals surface area (Å²) in [7, 11) is 1.92. The molecule has 1 N–H and O–H groups in total. The van der Waals surface area contributed by atoms with Crippen LogP contribution in [0.15, 0.2) is 48.5 Å². The smallest absolute Gasteiger partial charge is 0.237 e. The van der Waals surface area contributed by atoms with E-state index < -0.39 is 5.41 Å². The maximum Gasteiger partial charge on any atom is 0.237 e. The highest BCUT2D eigenvalue weighted by atomic mass is 16.2. The van der Waals surface area contributed by atoms with E-state index >= 15 is 0 Å². The molecule has 1 heterocycles. The number of hydrogen-bond donors (Lipinski definition) is 1. The number of rotatable bonds is 4. The maximum absolute atomic E-state index is 13.1. The van der Waals surface area contributed by atoms with E-state index in [1.54, 1.807) is 0 Å². The fraction of sp³-hybridized carbons (Fsp3) is 0.350. The van der Waals surface area contributed by atoms with Gasteiger partial charge in [0.1, 0.15) is 0 Å². The van der Waals surface area contributed by atoms with Crippen molar-refractivity contribution in [2.45, 2.75) is 38.6 Å². The topological polar surface area (TPSA) is 32.3 Å². The molecule has 120 valence electrons. The number of carbonyl (C=O) groups excluding carboxylic acids is 1. The highest BCUT2D eigenvalue weighted by Gasteiger charge is 2.46. The fourth-order valence-corrected chi connectivity index (χ4v) is 3.52. The summed E-state index contributed by atoms with van der Waals surface area (Å²) in [6, 6.07) is 16.5. The van der Waals surface area contributed by atoms with Crippen molar-refractivity contribution in [2.24, 2.45) is 0 Å². The quantitative estimate of drug-likeness (QED) is 0.901. The number of amides is 1. The second-order valence-electron chi connectivity index (χ2n) is 6.62. The minimum atomic E-state index is -0.468. The van der Waals surface area contributed by atoms with Gasteiger partial charge < -0.3 is 10.2 Å². The van der Waals surface area contributed by atoms with E-state index in [9.17, 15) is 4.79 Å². The van der Waals surface area contributed by atoms with Gasteiger partial charge in [-0.05, 0) is 49.6 Å². The monoisotopic (exact) mass is 308 g/mol. The van der Waals surface area contributed by atoms with Crippen LogP contribution in [0.3, 0.4) is 0 Å². The zero-order valence-corrected chi connectivity index (χ0v) is 14.3. The molecule has 3 rings (SSSR count). The molecule has 3 heteroatoms. The molecular formula is C20H24N2O. The summed E-state index contributed by atoms with van der Waals surface area (Å²) in [5.41, 5.74) is 3.93. The zero-order valence-electron chi connectivity index (χ0n) is 14.3. The van der Waals surface area contributed by atoms with E-state index in [-0.39, 0.29) is 11.9 Å². The number of para-hydroxylation sites is 1. The van der Waals surface area contributed by atoms with Crippen LogP contribution in [0.4, 0.5) is 11.4 Å². The first kappa shape index (κ1) is 15.6. The van der Waals surface area contributed by atoms with Gasteiger partial charge in [0, 0.05) is 18.4 Å². The fourth-order valence-electron chi connectivity index (χ4n) is 3.52. The molecule has 0 spiro atoms. The molecule has 0 aromatic heterocycles. The summed E-state index contributed by atoms with van der Waals surface area (Å²) >= 11 is 0. The maximum atomic E-state index is 13.1. The molecule has 1 aliphatic rings. The number of anilines is 2. The van der Waals surface area contributed by atoms with Crippen LogP contribution in [0.25, 0.3) is 0 Å². The molecule has 1 atom stereocenters. The molecular weight excluding hydrogens is 284 g/mol. The molecule has 0 bridgehead atoms. The van der Waals surface area contributed by atoms with Gasteiger partial charge in [-0.15, -0.1) is 0 Å². The number of nitrogens with one attached hydrogen (secondary N) is 1. The van der Waals surface area contributed by atoms with Crippen molar-refractivity contribution >= 4 is 17.3 Å². The lowest BCUT2D eigenvalue weighted by atomic mass is 9.86. The van der Waals surface area contributed by atoms with Crippen LogP contribution in [0, 0.1) is 0 Å². The van der Waals surface area contributed by atoms with Crippen molar-refractivity contribution < 1.29 is 4.79 Å². The third-order valence-corrected chi connectivity index (χ3v) is 4.85. The molecule has 0 saturated carbocycles. The van der Waals surface area contributed by atoms with Gasteiger partial charge in [0.15, 0.2) is 0 Å². The Balaban J connectivity index is 2.10. The van der Waals surface area contributed by atoms with Crippen LogP contribution in [0.2, 0.25) is 0 Å². The molecule has 1 aliphatic heterocycles. The van der Waals surface area contributed by atoms with Crippen molar-refractivity contribution in [2.75, 3.05) is 17.3 Å². The van der Waals surface area contributed by atoms with Crippen molar-refractivity contribution in [1.29, 1.82) is 0 Å². The van der Waals surface area contributed by atoms with E-state index in [4.69, 9.17) is 0 Å². The summed E-state index contributed by atoms with van der Waals surface area (Å²) in [5, 5.41) is 3.18.